The van der Waals surface area contributed by atoms with Gasteiger partial charge in [0.2, 0.25) is 0 Å². The number of nitrogens with zero attached hydrogens (tertiary/aromatic N) is 3. The van der Waals surface area contributed by atoms with Crippen molar-refractivity contribution in [1.29, 1.82) is 0 Å². The molecule has 2 heterocycles. The standard InChI is InChI=1S/C20H27N5O3.ClH/c1-4-28-18-8-7-14(20(27)24(2)3)12-17(18)22-19(26)16-9-11-25(23-16)15-6-5-10-21-13-15;/h7-9,11-12,15,21H,4-6,10,13H2,1-3H3,(H,22,26);1H. The van der Waals surface area contributed by atoms with Crippen molar-refractivity contribution < 1.29 is 14.3 Å². The Morgan fingerprint density at radius 1 is 1.34 bits per heavy atom. The van der Waals surface area contributed by atoms with Crippen LogP contribution in [-0.4, -0.2) is 60.3 Å². The molecule has 1 aliphatic heterocycles. The molecule has 1 aromatic carbocycles. The van der Waals surface area contributed by atoms with Crippen molar-refractivity contribution in [2.24, 2.45) is 0 Å². The Morgan fingerprint density at radius 3 is 2.79 bits per heavy atom. The van der Waals surface area contributed by atoms with Crippen LogP contribution in [0.3, 0.4) is 0 Å². The van der Waals surface area contributed by atoms with E-state index in [0.29, 0.717) is 29.3 Å². The Labute approximate surface area is 177 Å². The van der Waals surface area contributed by atoms with Gasteiger partial charge in [-0.1, -0.05) is 0 Å². The van der Waals surface area contributed by atoms with E-state index < -0.39 is 0 Å². The number of anilines is 1. The van der Waals surface area contributed by atoms with Crippen LogP contribution in [0.2, 0.25) is 0 Å². The van der Waals surface area contributed by atoms with E-state index in [4.69, 9.17) is 4.74 Å². The van der Waals surface area contributed by atoms with Crippen molar-refractivity contribution >= 4 is 29.9 Å². The van der Waals surface area contributed by atoms with E-state index in [1.54, 1.807) is 38.4 Å². The molecule has 3 rings (SSSR count). The van der Waals surface area contributed by atoms with Gasteiger partial charge in [0.05, 0.1) is 18.3 Å². The number of benzene rings is 1. The fourth-order valence-corrected chi connectivity index (χ4v) is 3.21. The molecule has 9 heteroatoms. The van der Waals surface area contributed by atoms with Gasteiger partial charge in [0.1, 0.15) is 5.75 Å². The van der Waals surface area contributed by atoms with Crippen LogP contribution in [0.15, 0.2) is 30.5 Å². The number of halogens is 1. The number of carbonyl (C=O) groups is 2. The largest absolute Gasteiger partial charge is 0.492 e. The van der Waals surface area contributed by atoms with Crippen LogP contribution < -0.4 is 15.4 Å². The van der Waals surface area contributed by atoms with E-state index in [9.17, 15) is 9.59 Å². The van der Waals surface area contributed by atoms with Crippen molar-refractivity contribution in [3.63, 3.8) is 0 Å². The maximum atomic E-state index is 12.7. The minimum atomic E-state index is -0.335. The summed E-state index contributed by atoms with van der Waals surface area (Å²) in [6.45, 7) is 4.19. The van der Waals surface area contributed by atoms with Gasteiger partial charge in [-0.05, 0) is 50.6 Å². The second kappa shape index (κ2) is 10.3. The van der Waals surface area contributed by atoms with Gasteiger partial charge in [-0.25, -0.2) is 0 Å². The summed E-state index contributed by atoms with van der Waals surface area (Å²) in [5.41, 5.74) is 1.26. The lowest BCUT2D eigenvalue weighted by Crippen LogP contribution is -2.32. The third kappa shape index (κ3) is 5.48. The summed E-state index contributed by atoms with van der Waals surface area (Å²) in [5, 5.41) is 10.6. The highest BCUT2D eigenvalue weighted by Crippen LogP contribution is 2.27. The van der Waals surface area contributed by atoms with Gasteiger partial charge in [0.25, 0.3) is 11.8 Å². The van der Waals surface area contributed by atoms with Gasteiger partial charge in [-0.15, -0.1) is 12.4 Å². The quantitative estimate of drug-likeness (QED) is 0.748. The number of rotatable bonds is 6. The van der Waals surface area contributed by atoms with Gasteiger partial charge in [-0.2, -0.15) is 5.10 Å². The van der Waals surface area contributed by atoms with Gasteiger partial charge in [-0.3, -0.25) is 14.3 Å². The lowest BCUT2D eigenvalue weighted by Gasteiger charge is -2.22. The average molecular weight is 422 g/mol. The first-order valence-electron chi connectivity index (χ1n) is 9.55. The maximum Gasteiger partial charge on any atom is 0.276 e. The van der Waals surface area contributed by atoms with Crippen LogP contribution >= 0.6 is 12.4 Å². The summed E-state index contributed by atoms with van der Waals surface area (Å²) in [5.74, 6) is 0.0348. The molecule has 2 aromatic rings. The van der Waals surface area contributed by atoms with Crippen LogP contribution in [0, 0.1) is 0 Å². The molecule has 29 heavy (non-hydrogen) atoms. The van der Waals surface area contributed by atoms with Crippen LogP contribution in [0.1, 0.15) is 46.7 Å². The average Bonchev–Trinajstić information content (AvgIpc) is 3.20. The van der Waals surface area contributed by atoms with E-state index in [-0.39, 0.29) is 30.3 Å². The van der Waals surface area contributed by atoms with Crippen molar-refractivity contribution in [3.8, 4) is 5.75 Å². The molecule has 2 N–H and O–H groups in total. The Balaban J connectivity index is 0.00000300. The highest BCUT2D eigenvalue weighted by molar-refractivity contribution is 6.04. The molecule has 1 aliphatic rings. The third-order valence-electron chi connectivity index (χ3n) is 4.67. The molecular weight excluding hydrogens is 394 g/mol. The van der Waals surface area contributed by atoms with Gasteiger partial charge >= 0.3 is 0 Å². The first-order valence-corrected chi connectivity index (χ1v) is 9.55. The Kier molecular flexibility index (Phi) is 8.04. The zero-order valence-electron chi connectivity index (χ0n) is 17.0. The monoisotopic (exact) mass is 421 g/mol. The molecule has 0 radical (unpaired) electrons. The third-order valence-corrected chi connectivity index (χ3v) is 4.67. The lowest BCUT2D eigenvalue weighted by molar-refractivity contribution is 0.0827. The smallest absolute Gasteiger partial charge is 0.276 e. The molecule has 2 amide bonds. The molecule has 1 atom stereocenters. The summed E-state index contributed by atoms with van der Waals surface area (Å²) < 4.78 is 7.44. The fourth-order valence-electron chi connectivity index (χ4n) is 3.21. The van der Waals surface area contributed by atoms with Gasteiger partial charge in [0.15, 0.2) is 5.69 Å². The second-order valence-electron chi connectivity index (χ2n) is 6.98. The minimum absolute atomic E-state index is 0. The Hall–Kier alpha value is -2.58. The summed E-state index contributed by atoms with van der Waals surface area (Å²) >= 11 is 0. The number of hydrogen-bond acceptors (Lipinski definition) is 5. The molecule has 1 aromatic heterocycles. The van der Waals surface area contributed by atoms with Crippen molar-refractivity contribution in [2.75, 3.05) is 39.1 Å². The first-order chi connectivity index (χ1) is 13.5. The molecule has 1 fully saturated rings. The van der Waals surface area contributed by atoms with Crippen LogP contribution in [0.25, 0.3) is 0 Å². The molecule has 0 saturated carbocycles. The van der Waals surface area contributed by atoms with Crippen molar-refractivity contribution in [1.82, 2.24) is 20.0 Å². The van der Waals surface area contributed by atoms with Crippen LogP contribution in [0.4, 0.5) is 5.69 Å². The Bertz CT molecular complexity index is 846. The molecule has 1 saturated heterocycles. The number of ether oxygens (including phenoxy) is 1. The zero-order valence-corrected chi connectivity index (χ0v) is 17.8. The SMILES string of the molecule is CCOc1ccc(C(=O)N(C)C)cc1NC(=O)c1ccn(C2CCCNC2)n1.Cl. The van der Waals surface area contributed by atoms with Crippen LogP contribution in [-0.2, 0) is 0 Å². The number of carbonyl (C=O) groups excluding carboxylic acids is 2. The number of amides is 2. The van der Waals surface area contributed by atoms with E-state index >= 15 is 0 Å². The predicted molar refractivity (Wildman–Crippen MR) is 114 cm³/mol. The van der Waals surface area contributed by atoms with Crippen molar-refractivity contribution in [2.45, 2.75) is 25.8 Å². The molecule has 0 bridgehead atoms. The highest BCUT2D eigenvalue weighted by Gasteiger charge is 2.19. The minimum Gasteiger partial charge on any atom is -0.492 e. The van der Waals surface area contributed by atoms with Gasteiger partial charge in [0, 0.05) is 32.4 Å². The van der Waals surface area contributed by atoms with Crippen molar-refractivity contribution in [3.05, 3.63) is 41.7 Å². The second-order valence-corrected chi connectivity index (χ2v) is 6.98. The molecule has 1 unspecified atom stereocenters. The molecule has 8 nitrogen and oxygen atoms in total. The van der Waals surface area contributed by atoms with Crippen LogP contribution in [0.5, 0.6) is 5.75 Å². The lowest BCUT2D eigenvalue weighted by atomic mass is 10.1. The number of piperidine rings is 1. The first kappa shape index (κ1) is 22.7. The molecule has 0 spiro atoms. The zero-order chi connectivity index (χ0) is 20.1. The number of hydrogen-bond donors (Lipinski definition) is 2. The molecule has 158 valence electrons. The van der Waals surface area contributed by atoms with Gasteiger partial charge < -0.3 is 20.3 Å². The van der Waals surface area contributed by atoms with E-state index in [2.05, 4.69) is 15.7 Å². The molecular formula is C20H28ClN5O3. The normalized spacial score (nSPS) is 15.9. The topological polar surface area (TPSA) is 88.5 Å². The molecule has 0 aliphatic carbocycles. The fraction of sp³-hybridized carbons (Fsp3) is 0.450. The summed E-state index contributed by atoms with van der Waals surface area (Å²) in [6, 6.07) is 6.98. The predicted octanol–water partition coefficient (Wildman–Crippen LogP) is 2.58. The van der Waals surface area contributed by atoms with E-state index in [1.807, 2.05) is 17.8 Å². The van der Waals surface area contributed by atoms with E-state index in [1.165, 1.54) is 4.90 Å². The maximum absolute atomic E-state index is 12.7. The summed E-state index contributed by atoms with van der Waals surface area (Å²) in [6.07, 6.45) is 3.97. The summed E-state index contributed by atoms with van der Waals surface area (Å²) in [4.78, 5) is 26.5. The highest BCUT2D eigenvalue weighted by atomic mass is 35.5. The summed E-state index contributed by atoms with van der Waals surface area (Å²) in [7, 11) is 3.37. The number of aromatic nitrogens is 2. The van der Waals surface area contributed by atoms with E-state index in [0.717, 1.165) is 25.9 Å². The number of nitrogens with one attached hydrogen (secondary N) is 2. The Morgan fingerprint density at radius 2 is 2.14 bits per heavy atom.